The number of rotatable bonds is 3. The number of amides is 1. The van der Waals surface area contributed by atoms with Crippen LogP contribution in [-0.2, 0) is 19.6 Å². The van der Waals surface area contributed by atoms with Crippen molar-refractivity contribution < 1.29 is 22.4 Å². The third kappa shape index (κ3) is 4.64. The van der Waals surface area contributed by atoms with Gasteiger partial charge in [0, 0.05) is 42.5 Å². The molecule has 1 N–H and O–H groups in total. The number of morpholine rings is 1. The molecule has 2 fully saturated rings. The zero-order valence-electron chi connectivity index (χ0n) is 17.6. The van der Waals surface area contributed by atoms with Gasteiger partial charge in [-0.2, -0.15) is 4.31 Å². The van der Waals surface area contributed by atoms with Gasteiger partial charge in [-0.25, -0.2) is 8.42 Å². The van der Waals surface area contributed by atoms with Crippen molar-refractivity contribution in [3.8, 4) is 11.8 Å². The molecule has 0 bridgehead atoms. The Morgan fingerprint density at radius 3 is 2.62 bits per heavy atom. The van der Waals surface area contributed by atoms with Gasteiger partial charge in [0.25, 0.3) is 5.91 Å². The molecule has 0 unspecified atom stereocenters. The topological polar surface area (TPSA) is 102 Å². The summed E-state index contributed by atoms with van der Waals surface area (Å²) in [4.78, 5) is 16.8. The lowest BCUT2D eigenvalue weighted by molar-refractivity contribution is -0.115. The maximum Gasteiger partial charge on any atom is 0.263 e. The van der Waals surface area contributed by atoms with E-state index in [0.29, 0.717) is 58.0 Å². The number of hydrogen-bond donors (Lipinski definition) is 1. The lowest BCUT2D eigenvalue weighted by atomic mass is 10.2. The zero-order valence-corrected chi connectivity index (χ0v) is 20.1. The van der Waals surface area contributed by atoms with Crippen molar-refractivity contribution in [2.24, 2.45) is 0 Å². The minimum Gasteiger partial charge on any atom is -0.455 e. The van der Waals surface area contributed by atoms with Crippen LogP contribution in [0.15, 0.2) is 56.9 Å². The van der Waals surface area contributed by atoms with Crippen molar-refractivity contribution in [2.75, 3.05) is 26.3 Å². The molecule has 4 heterocycles. The molecule has 2 aliphatic heterocycles. The molecule has 8 nitrogen and oxygen atoms in total. The number of carbonyl (C=O) groups is 1. The number of hydrogen-bond acceptors (Lipinski definition) is 8. The number of furan rings is 1. The second-order valence-electron chi connectivity index (χ2n) is 7.40. The average Bonchev–Trinajstić information content (AvgIpc) is 3.40. The Morgan fingerprint density at radius 1 is 1.15 bits per heavy atom. The standard InChI is InChI=1S/C23H17N3O5S3/c27-22-20(33-23(32)25-22)12-18-11-17-14-24-13-16(21(17)31-18)4-1-15-2-5-19(6-3-15)34(28,29)26-7-9-30-10-8-26/h2-3,5-6,11-14H,7-10H2,(H,25,27,32)/b20-12-. The first-order valence-corrected chi connectivity index (χ1v) is 12.9. The first-order chi connectivity index (χ1) is 16.4. The number of benzene rings is 1. The molecule has 0 radical (unpaired) electrons. The molecule has 0 aliphatic carbocycles. The molecule has 5 rings (SSSR count). The summed E-state index contributed by atoms with van der Waals surface area (Å²) in [6.07, 6.45) is 4.88. The number of thioether (sulfide) groups is 1. The maximum absolute atomic E-state index is 12.8. The van der Waals surface area contributed by atoms with E-state index in [1.54, 1.807) is 48.8 Å². The molecule has 1 aromatic carbocycles. The number of fused-ring (bicyclic) bond motifs is 1. The summed E-state index contributed by atoms with van der Waals surface area (Å²) in [7, 11) is -3.55. The van der Waals surface area contributed by atoms with Crippen molar-refractivity contribution in [3.63, 3.8) is 0 Å². The largest absolute Gasteiger partial charge is 0.455 e. The fourth-order valence-corrected chi connectivity index (χ4v) is 5.91. The van der Waals surface area contributed by atoms with Gasteiger partial charge in [-0.05, 0) is 30.3 Å². The molecular formula is C23H17N3O5S3. The van der Waals surface area contributed by atoms with E-state index in [9.17, 15) is 13.2 Å². The number of nitrogens with one attached hydrogen (secondary N) is 1. The summed E-state index contributed by atoms with van der Waals surface area (Å²) in [5.41, 5.74) is 1.78. The third-order valence-corrected chi connectivity index (χ3v) is 8.24. The molecular weight excluding hydrogens is 494 g/mol. The van der Waals surface area contributed by atoms with Crippen LogP contribution >= 0.6 is 24.0 Å². The van der Waals surface area contributed by atoms with Crippen LogP contribution in [0.1, 0.15) is 16.9 Å². The van der Waals surface area contributed by atoms with Gasteiger partial charge in [0.1, 0.15) is 10.1 Å². The number of carbonyl (C=O) groups excluding carboxylic acids is 1. The maximum atomic E-state index is 12.8. The minimum absolute atomic E-state index is 0.223. The van der Waals surface area contributed by atoms with Crippen molar-refractivity contribution in [3.05, 3.63) is 64.5 Å². The van der Waals surface area contributed by atoms with E-state index in [-0.39, 0.29) is 10.8 Å². The quantitative estimate of drug-likeness (QED) is 0.325. The molecule has 2 saturated heterocycles. The molecule has 11 heteroatoms. The number of pyridine rings is 1. The highest BCUT2D eigenvalue weighted by Gasteiger charge is 2.26. The van der Waals surface area contributed by atoms with E-state index in [4.69, 9.17) is 21.4 Å². The highest BCUT2D eigenvalue weighted by molar-refractivity contribution is 8.26. The highest BCUT2D eigenvalue weighted by atomic mass is 32.2. The Hall–Kier alpha value is -3.01. The van der Waals surface area contributed by atoms with Crippen molar-refractivity contribution in [1.82, 2.24) is 14.6 Å². The van der Waals surface area contributed by atoms with Gasteiger partial charge < -0.3 is 14.5 Å². The predicted octanol–water partition coefficient (Wildman–Crippen LogP) is 2.74. The number of thiocarbonyl (C=S) groups is 1. The second kappa shape index (κ2) is 9.32. The van der Waals surface area contributed by atoms with Crippen LogP contribution in [0.4, 0.5) is 0 Å². The van der Waals surface area contributed by atoms with Crippen LogP contribution in [0.2, 0.25) is 0 Å². The van der Waals surface area contributed by atoms with Crippen molar-refractivity contribution in [2.45, 2.75) is 4.90 Å². The summed E-state index contributed by atoms with van der Waals surface area (Å²) < 4.78 is 38.5. The molecule has 0 saturated carbocycles. The third-order valence-electron chi connectivity index (χ3n) is 5.16. The SMILES string of the molecule is O=C1NC(=S)S/C1=C\c1cc2cncc(C#Cc3ccc(S(=O)(=O)N4CCOCC4)cc3)c2o1. The van der Waals surface area contributed by atoms with Gasteiger partial charge in [0.2, 0.25) is 10.0 Å². The van der Waals surface area contributed by atoms with E-state index < -0.39 is 10.0 Å². The monoisotopic (exact) mass is 511 g/mol. The smallest absolute Gasteiger partial charge is 0.263 e. The molecule has 34 heavy (non-hydrogen) atoms. The van der Waals surface area contributed by atoms with Gasteiger partial charge in [-0.1, -0.05) is 35.8 Å². The van der Waals surface area contributed by atoms with Crippen LogP contribution in [0.5, 0.6) is 0 Å². The van der Waals surface area contributed by atoms with Crippen LogP contribution in [0.25, 0.3) is 17.0 Å². The van der Waals surface area contributed by atoms with Crippen LogP contribution in [0, 0.1) is 11.8 Å². The average molecular weight is 512 g/mol. The molecule has 3 aromatic rings. The Balaban J connectivity index is 1.39. The van der Waals surface area contributed by atoms with E-state index in [1.165, 1.54) is 16.1 Å². The van der Waals surface area contributed by atoms with Gasteiger partial charge >= 0.3 is 0 Å². The highest BCUT2D eigenvalue weighted by Crippen LogP contribution is 2.29. The predicted molar refractivity (Wildman–Crippen MR) is 132 cm³/mol. The molecule has 1 amide bonds. The molecule has 0 spiro atoms. The zero-order chi connectivity index (χ0) is 23.7. The molecule has 0 atom stereocenters. The van der Waals surface area contributed by atoms with Gasteiger partial charge in [0.05, 0.1) is 28.6 Å². The number of sulfonamides is 1. The number of aromatic nitrogens is 1. The van der Waals surface area contributed by atoms with E-state index >= 15 is 0 Å². The van der Waals surface area contributed by atoms with E-state index in [1.807, 2.05) is 0 Å². The summed E-state index contributed by atoms with van der Waals surface area (Å²) >= 11 is 6.19. The molecule has 2 aliphatic rings. The van der Waals surface area contributed by atoms with Crippen LogP contribution in [-0.4, -0.2) is 54.2 Å². The van der Waals surface area contributed by atoms with E-state index in [0.717, 1.165) is 5.39 Å². The summed E-state index contributed by atoms with van der Waals surface area (Å²) in [5.74, 6) is 6.30. The first kappa shape index (κ1) is 22.8. The first-order valence-electron chi connectivity index (χ1n) is 10.2. The van der Waals surface area contributed by atoms with Gasteiger partial charge in [-0.15, -0.1) is 0 Å². The Labute approximate surface area is 205 Å². The number of nitrogens with zero attached hydrogens (tertiary/aromatic N) is 2. The molecule has 2 aromatic heterocycles. The lowest BCUT2D eigenvalue weighted by Gasteiger charge is -2.26. The minimum atomic E-state index is -3.55. The van der Waals surface area contributed by atoms with Crippen LogP contribution in [0.3, 0.4) is 0 Å². The fourth-order valence-electron chi connectivity index (χ4n) is 3.48. The fraction of sp³-hybridized carbons (Fsp3) is 0.174. The molecule has 172 valence electrons. The van der Waals surface area contributed by atoms with E-state index in [2.05, 4.69) is 22.1 Å². The summed E-state index contributed by atoms with van der Waals surface area (Å²) in [5, 5.41) is 3.31. The Morgan fingerprint density at radius 2 is 1.91 bits per heavy atom. The number of ether oxygens (including phenoxy) is 1. The van der Waals surface area contributed by atoms with Crippen molar-refractivity contribution >= 4 is 61.3 Å². The van der Waals surface area contributed by atoms with Gasteiger partial charge in [-0.3, -0.25) is 9.78 Å². The lowest BCUT2D eigenvalue weighted by Crippen LogP contribution is -2.40. The van der Waals surface area contributed by atoms with Crippen LogP contribution < -0.4 is 5.32 Å². The summed E-state index contributed by atoms with van der Waals surface area (Å²) in [6.45, 7) is 1.48. The Kier molecular flexibility index (Phi) is 6.24. The second-order valence-corrected chi connectivity index (χ2v) is 11.1. The summed E-state index contributed by atoms with van der Waals surface area (Å²) in [6, 6.07) is 8.23. The van der Waals surface area contributed by atoms with Crippen molar-refractivity contribution in [1.29, 1.82) is 0 Å². The van der Waals surface area contributed by atoms with Gasteiger partial charge in [0.15, 0.2) is 5.58 Å². The normalized spacial score (nSPS) is 18.2. The Bertz CT molecular complexity index is 1490.